The van der Waals surface area contributed by atoms with Gasteiger partial charge in [-0.25, -0.2) is 4.98 Å². The standard InChI is InChI=1S/C12H14N2O6P2/c15-21(16,17)12(22(18,19)20)14-11-8-10(6-7-13-11)9-4-2-1-3-5-9/h1-8,12H,(H,13,14)(H2,15,16,17)(H2,18,19,20). The zero-order valence-corrected chi connectivity index (χ0v) is 12.9. The van der Waals surface area contributed by atoms with Gasteiger partial charge in [0.15, 0.2) is 0 Å². The lowest BCUT2D eigenvalue weighted by Crippen LogP contribution is -2.20. The van der Waals surface area contributed by atoms with Gasteiger partial charge in [-0.1, -0.05) is 30.3 Å². The number of hydrogen-bond donors (Lipinski definition) is 5. The molecule has 5 N–H and O–H groups in total. The van der Waals surface area contributed by atoms with Crippen molar-refractivity contribution in [2.75, 3.05) is 5.32 Å². The highest BCUT2D eigenvalue weighted by molar-refractivity contribution is 7.71. The van der Waals surface area contributed by atoms with Crippen molar-refractivity contribution in [1.82, 2.24) is 4.98 Å². The molecule has 0 radical (unpaired) electrons. The summed E-state index contributed by atoms with van der Waals surface area (Å²) >= 11 is 0. The van der Waals surface area contributed by atoms with E-state index in [1.54, 1.807) is 6.07 Å². The van der Waals surface area contributed by atoms with Crippen LogP contribution in [0.1, 0.15) is 0 Å². The third-order valence-corrected chi connectivity index (χ3v) is 6.12. The number of nitrogens with one attached hydrogen (secondary N) is 1. The summed E-state index contributed by atoms with van der Waals surface area (Å²) in [5, 5.41) is 2.13. The molecule has 8 nitrogen and oxygen atoms in total. The van der Waals surface area contributed by atoms with E-state index in [2.05, 4.69) is 10.3 Å². The number of aromatic nitrogens is 1. The van der Waals surface area contributed by atoms with Crippen molar-refractivity contribution in [2.24, 2.45) is 0 Å². The van der Waals surface area contributed by atoms with Gasteiger partial charge in [0.05, 0.1) is 0 Å². The maximum absolute atomic E-state index is 11.2. The molecule has 2 aromatic rings. The van der Waals surface area contributed by atoms with Gasteiger partial charge in [-0.15, -0.1) is 0 Å². The molecule has 1 aromatic heterocycles. The molecule has 0 aliphatic rings. The van der Waals surface area contributed by atoms with Crippen LogP contribution in [0.2, 0.25) is 0 Å². The van der Waals surface area contributed by atoms with Gasteiger partial charge < -0.3 is 24.9 Å². The number of pyridine rings is 1. The molecule has 0 spiro atoms. The van der Waals surface area contributed by atoms with Crippen molar-refractivity contribution >= 4 is 21.0 Å². The summed E-state index contributed by atoms with van der Waals surface area (Å²) in [5.74, 6) is -0.0435. The van der Waals surface area contributed by atoms with Crippen LogP contribution in [0.25, 0.3) is 11.1 Å². The maximum atomic E-state index is 11.2. The molecule has 0 aliphatic heterocycles. The molecule has 1 heterocycles. The number of hydrogen-bond acceptors (Lipinski definition) is 4. The van der Waals surface area contributed by atoms with Crippen molar-refractivity contribution < 1.29 is 28.7 Å². The van der Waals surface area contributed by atoms with Crippen molar-refractivity contribution in [2.45, 2.75) is 5.52 Å². The molecule has 0 fully saturated rings. The fourth-order valence-corrected chi connectivity index (χ4v) is 3.98. The van der Waals surface area contributed by atoms with Crippen molar-refractivity contribution in [3.8, 4) is 11.1 Å². The van der Waals surface area contributed by atoms with Gasteiger partial charge >= 0.3 is 15.2 Å². The van der Waals surface area contributed by atoms with Crippen LogP contribution in [0, 0.1) is 0 Å². The van der Waals surface area contributed by atoms with Gasteiger partial charge in [0.2, 0.25) is 5.52 Å². The molecule has 0 amide bonds. The topological polar surface area (TPSA) is 140 Å². The van der Waals surface area contributed by atoms with Gasteiger partial charge in [-0.05, 0) is 23.3 Å². The van der Waals surface area contributed by atoms with Crippen LogP contribution in [0.15, 0.2) is 48.7 Å². The molecule has 118 valence electrons. The highest BCUT2D eigenvalue weighted by Crippen LogP contribution is 2.59. The summed E-state index contributed by atoms with van der Waals surface area (Å²) in [7, 11) is -10.1. The zero-order valence-electron chi connectivity index (χ0n) is 11.1. The third-order valence-electron chi connectivity index (χ3n) is 2.78. The average molecular weight is 344 g/mol. The first-order chi connectivity index (χ1) is 10.2. The van der Waals surface area contributed by atoms with E-state index in [0.717, 1.165) is 5.56 Å². The van der Waals surface area contributed by atoms with Gasteiger partial charge in [0.25, 0.3) is 0 Å². The van der Waals surface area contributed by atoms with Gasteiger partial charge in [-0.2, -0.15) is 0 Å². The second-order valence-corrected chi connectivity index (χ2v) is 8.29. The smallest absolute Gasteiger partial charge is 0.346 e. The van der Waals surface area contributed by atoms with Crippen molar-refractivity contribution in [3.63, 3.8) is 0 Å². The molecule has 0 saturated heterocycles. The summed E-state index contributed by atoms with van der Waals surface area (Å²) in [6, 6.07) is 12.2. The van der Waals surface area contributed by atoms with Crippen LogP contribution in [-0.4, -0.2) is 30.1 Å². The fraction of sp³-hybridized carbons (Fsp3) is 0.0833. The Kier molecular flexibility index (Phi) is 4.82. The predicted molar refractivity (Wildman–Crippen MR) is 81.2 cm³/mol. The summed E-state index contributed by atoms with van der Waals surface area (Å²) in [6.07, 6.45) is 1.38. The lowest BCUT2D eigenvalue weighted by Gasteiger charge is -2.21. The average Bonchev–Trinajstić information content (AvgIpc) is 2.44. The lowest BCUT2D eigenvalue weighted by atomic mass is 10.1. The molecular formula is C12H14N2O6P2. The van der Waals surface area contributed by atoms with E-state index in [1.807, 2.05) is 30.3 Å². The van der Waals surface area contributed by atoms with E-state index in [9.17, 15) is 9.13 Å². The minimum Gasteiger partial charge on any atom is -0.346 e. The monoisotopic (exact) mass is 344 g/mol. The quantitative estimate of drug-likeness (QED) is 0.517. The molecule has 22 heavy (non-hydrogen) atoms. The summed E-state index contributed by atoms with van der Waals surface area (Å²) in [4.78, 5) is 40.2. The Balaban J connectivity index is 2.34. The van der Waals surface area contributed by atoms with E-state index < -0.39 is 20.7 Å². The van der Waals surface area contributed by atoms with E-state index in [-0.39, 0.29) is 5.82 Å². The molecule has 0 aliphatic carbocycles. The number of anilines is 1. The van der Waals surface area contributed by atoms with Gasteiger partial charge in [0.1, 0.15) is 5.82 Å². The zero-order chi connectivity index (χ0) is 16.4. The SMILES string of the molecule is O=P(O)(O)C(Nc1cc(-c2ccccc2)ccn1)P(=O)(O)O. The molecule has 0 unspecified atom stereocenters. The fourth-order valence-electron chi connectivity index (χ4n) is 1.82. The Morgan fingerprint density at radius 2 is 1.50 bits per heavy atom. The first-order valence-corrected chi connectivity index (χ1v) is 9.43. The number of rotatable bonds is 5. The van der Waals surface area contributed by atoms with E-state index in [1.165, 1.54) is 12.3 Å². The number of nitrogens with zero attached hydrogens (tertiary/aromatic N) is 1. The molecule has 2 rings (SSSR count). The van der Waals surface area contributed by atoms with Crippen LogP contribution in [-0.2, 0) is 9.13 Å². The van der Waals surface area contributed by atoms with E-state index in [4.69, 9.17) is 19.6 Å². The van der Waals surface area contributed by atoms with Crippen LogP contribution < -0.4 is 5.32 Å². The third kappa shape index (κ3) is 4.24. The second kappa shape index (κ2) is 6.30. The van der Waals surface area contributed by atoms with Gasteiger partial charge in [-0.3, -0.25) is 9.13 Å². The van der Waals surface area contributed by atoms with Crippen LogP contribution in [0.5, 0.6) is 0 Å². The number of benzene rings is 1. The molecule has 1 aromatic carbocycles. The molecule has 0 atom stereocenters. The summed E-state index contributed by atoms with van der Waals surface area (Å²) in [5.41, 5.74) is -0.816. The van der Waals surface area contributed by atoms with E-state index in [0.29, 0.717) is 5.56 Å². The van der Waals surface area contributed by atoms with Crippen molar-refractivity contribution in [1.29, 1.82) is 0 Å². The Morgan fingerprint density at radius 1 is 0.909 bits per heavy atom. The first-order valence-electron chi connectivity index (χ1n) is 6.06. The Bertz CT molecular complexity index is 720. The summed E-state index contributed by atoms with van der Waals surface area (Å²) in [6.45, 7) is 0. The van der Waals surface area contributed by atoms with Gasteiger partial charge in [0, 0.05) is 6.20 Å². The first kappa shape index (κ1) is 16.8. The van der Waals surface area contributed by atoms with Crippen LogP contribution in [0.3, 0.4) is 0 Å². The minimum absolute atomic E-state index is 0.0435. The molecule has 0 saturated carbocycles. The predicted octanol–water partition coefficient (Wildman–Crippen LogP) is 1.80. The second-order valence-electron chi connectivity index (χ2n) is 4.49. The molecule has 0 bridgehead atoms. The Labute approximate surface area is 126 Å². The highest BCUT2D eigenvalue weighted by Gasteiger charge is 2.43. The largest absolute Gasteiger partial charge is 0.360 e. The Hall–Kier alpha value is -1.53. The minimum atomic E-state index is -5.06. The molecule has 10 heteroatoms. The molecular weight excluding hydrogens is 330 g/mol. The summed E-state index contributed by atoms with van der Waals surface area (Å²) < 4.78 is 22.5. The lowest BCUT2D eigenvalue weighted by molar-refractivity contribution is 0.343. The van der Waals surface area contributed by atoms with Crippen LogP contribution in [0.4, 0.5) is 5.82 Å². The van der Waals surface area contributed by atoms with Crippen LogP contribution >= 0.6 is 15.2 Å². The highest BCUT2D eigenvalue weighted by atomic mass is 31.2. The maximum Gasteiger partial charge on any atom is 0.360 e. The van der Waals surface area contributed by atoms with E-state index >= 15 is 0 Å². The van der Waals surface area contributed by atoms with Crippen molar-refractivity contribution in [3.05, 3.63) is 48.7 Å². The Morgan fingerprint density at radius 3 is 2.05 bits per heavy atom. The normalized spacial score (nSPS) is 12.4.